The van der Waals surface area contributed by atoms with Crippen molar-refractivity contribution in [3.8, 4) is 28.4 Å². The number of aryl methyl sites for hydroxylation is 1. The normalized spacial score (nSPS) is 11.8. The second-order valence-electron chi connectivity index (χ2n) is 6.16. The van der Waals surface area contributed by atoms with Crippen molar-refractivity contribution in [3.05, 3.63) is 70.6 Å². The lowest BCUT2D eigenvalue weighted by atomic mass is 10.1. The first-order valence-corrected chi connectivity index (χ1v) is 9.96. The Bertz CT molecular complexity index is 1100. The van der Waals surface area contributed by atoms with E-state index in [-0.39, 0.29) is 22.8 Å². The fourth-order valence-corrected chi connectivity index (χ4v) is 3.18. The summed E-state index contributed by atoms with van der Waals surface area (Å²) >= 11 is -1.32. The third kappa shape index (κ3) is 4.69. The maximum absolute atomic E-state index is 14.1. The van der Waals surface area contributed by atoms with Gasteiger partial charge in [-0.3, -0.25) is 4.79 Å². The van der Waals surface area contributed by atoms with E-state index in [1.165, 1.54) is 30.1 Å². The SMILES string of the molecule is COc1cc(-c2cc(N[S+](C)[O-])ccc2Oc2ccc(F)cc2F)cn(C)c1=O. The van der Waals surface area contributed by atoms with Crippen LogP contribution in [0.4, 0.5) is 14.5 Å². The van der Waals surface area contributed by atoms with Crippen molar-refractivity contribution in [2.45, 2.75) is 0 Å². The standard InChI is InChI=1S/C20H18F2N2O4S/c1-24-11-12(8-19(27-2)20(24)25)15-10-14(23-29(3)26)5-7-17(15)28-18-6-4-13(21)9-16(18)22/h4-11,23H,1-3H3. The average molecular weight is 420 g/mol. The first kappa shape index (κ1) is 20.7. The van der Waals surface area contributed by atoms with Crippen LogP contribution in [0.5, 0.6) is 17.2 Å². The molecule has 6 nitrogen and oxygen atoms in total. The van der Waals surface area contributed by atoms with Crippen LogP contribution in [0, 0.1) is 11.6 Å². The van der Waals surface area contributed by atoms with Crippen LogP contribution < -0.4 is 19.8 Å². The molecule has 152 valence electrons. The predicted octanol–water partition coefficient (Wildman–Crippen LogP) is 3.84. The zero-order valence-corrected chi connectivity index (χ0v) is 16.7. The molecule has 0 fully saturated rings. The largest absolute Gasteiger partial charge is 0.593 e. The molecule has 0 spiro atoms. The summed E-state index contributed by atoms with van der Waals surface area (Å²) in [5.74, 6) is -1.37. The number of hydrogen-bond acceptors (Lipinski definition) is 5. The van der Waals surface area contributed by atoms with Gasteiger partial charge in [0.2, 0.25) is 0 Å². The van der Waals surface area contributed by atoms with E-state index in [1.807, 2.05) is 0 Å². The Morgan fingerprint density at radius 1 is 1.07 bits per heavy atom. The summed E-state index contributed by atoms with van der Waals surface area (Å²) in [6, 6.07) is 9.34. The second-order valence-corrected chi connectivity index (χ2v) is 7.27. The van der Waals surface area contributed by atoms with E-state index in [0.29, 0.717) is 16.8 Å². The van der Waals surface area contributed by atoms with Crippen LogP contribution in [0.1, 0.15) is 0 Å². The van der Waals surface area contributed by atoms with E-state index in [4.69, 9.17) is 9.47 Å². The highest BCUT2D eigenvalue weighted by Crippen LogP contribution is 2.37. The molecule has 1 aromatic heterocycles. The summed E-state index contributed by atoms with van der Waals surface area (Å²) in [7, 11) is 2.95. The van der Waals surface area contributed by atoms with Crippen LogP contribution in [-0.2, 0) is 18.4 Å². The smallest absolute Gasteiger partial charge is 0.292 e. The van der Waals surface area contributed by atoms with Crippen LogP contribution in [0.3, 0.4) is 0 Å². The number of methoxy groups -OCH3 is 1. The van der Waals surface area contributed by atoms with E-state index in [0.717, 1.165) is 12.1 Å². The molecule has 0 saturated carbocycles. The Morgan fingerprint density at radius 2 is 1.79 bits per heavy atom. The lowest BCUT2D eigenvalue weighted by molar-refractivity contribution is 0.405. The van der Waals surface area contributed by atoms with Crippen molar-refractivity contribution in [1.29, 1.82) is 0 Å². The van der Waals surface area contributed by atoms with Gasteiger partial charge in [-0.15, -0.1) is 0 Å². The summed E-state index contributed by atoms with van der Waals surface area (Å²) in [5.41, 5.74) is 1.23. The maximum atomic E-state index is 14.1. The third-order valence-corrected chi connectivity index (χ3v) is 4.56. The van der Waals surface area contributed by atoms with Crippen LogP contribution in [0.15, 0.2) is 53.5 Å². The quantitative estimate of drug-likeness (QED) is 0.614. The maximum Gasteiger partial charge on any atom is 0.292 e. The number of ether oxygens (including phenoxy) is 2. The molecule has 0 saturated heterocycles. The predicted molar refractivity (Wildman–Crippen MR) is 108 cm³/mol. The molecule has 1 heterocycles. The van der Waals surface area contributed by atoms with Crippen molar-refractivity contribution in [3.63, 3.8) is 0 Å². The molecule has 3 rings (SSSR count). The molecule has 1 unspecified atom stereocenters. The fourth-order valence-electron chi connectivity index (χ4n) is 2.73. The van der Waals surface area contributed by atoms with E-state index < -0.39 is 23.0 Å². The molecule has 0 amide bonds. The second kappa shape index (κ2) is 8.54. The van der Waals surface area contributed by atoms with Gasteiger partial charge in [0.15, 0.2) is 17.3 Å². The molecular formula is C20H18F2N2O4S. The Morgan fingerprint density at radius 3 is 2.45 bits per heavy atom. The minimum atomic E-state index is -1.32. The van der Waals surface area contributed by atoms with Gasteiger partial charge in [-0.25, -0.2) is 13.5 Å². The van der Waals surface area contributed by atoms with Crippen LogP contribution >= 0.6 is 0 Å². The van der Waals surface area contributed by atoms with Gasteiger partial charge in [0.25, 0.3) is 5.56 Å². The molecule has 0 radical (unpaired) electrons. The van der Waals surface area contributed by atoms with E-state index in [2.05, 4.69) is 4.72 Å². The minimum Gasteiger partial charge on any atom is -0.593 e. The highest BCUT2D eigenvalue weighted by Gasteiger charge is 2.16. The van der Waals surface area contributed by atoms with Crippen molar-refractivity contribution >= 4 is 17.0 Å². The first-order chi connectivity index (χ1) is 13.8. The number of rotatable bonds is 6. The molecule has 0 bridgehead atoms. The molecule has 3 aromatic rings. The monoisotopic (exact) mass is 420 g/mol. The van der Waals surface area contributed by atoms with Gasteiger partial charge < -0.3 is 18.6 Å². The van der Waals surface area contributed by atoms with Crippen LogP contribution in [0.25, 0.3) is 11.1 Å². The van der Waals surface area contributed by atoms with Gasteiger partial charge in [-0.05, 0) is 36.4 Å². The highest BCUT2D eigenvalue weighted by molar-refractivity contribution is 7.92. The number of anilines is 1. The van der Waals surface area contributed by atoms with Gasteiger partial charge in [-0.1, -0.05) is 0 Å². The number of nitrogens with zero attached hydrogens (tertiary/aromatic N) is 1. The lowest BCUT2D eigenvalue weighted by Crippen LogP contribution is -2.17. The lowest BCUT2D eigenvalue weighted by Gasteiger charge is -2.16. The van der Waals surface area contributed by atoms with Gasteiger partial charge >= 0.3 is 0 Å². The summed E-state index contributed by atoms with van der Waals surface area (Å²) in [5, 5.41) is 0. The first-order valence-electron chi connectivity index (χ1n) is 8.40. The molecule has 2 aromatic carbocycles. The molecule has 0 aliphatic carbocycles. The molecule has 1 atom stereocenters. The number of hydrogen-bond donors (Lipinski definition) is 1. The van der Waals surface area contributed by atoms with Crippen molar-refractivity contribution < 1.29 is 22.8 Å². The van der Waals surface area contributed by atoms with Gasteiger partial charge in [0.05, 0.1) is 24.2 Å². The Hall–Kier alpha value is -3.04. The van der Waals surface area contributed by atoms with Crippen molar-refractivity contribution in [2.75, 3.05) is 18.1 Å². The molecule has 1 N–H and O–H groups in total. The third-order valence-electron chi connectivity index (χ3n) is 4.04. The topological polar surface area (TPSA) is 75.5 Å². The summed E-state index contributed by atoms with van der Waals surface area (Å²) < 4.78 is 53.7. The number of aromatic nitrogens is 1. The number of nitrogens with one attached hydrogen (secondary N) is 1. The highest BCUT2D eigenvalue weighted by atomic mass is 32.2. The summed E-state index contributed by atoms with van der Waals surface area (Å²) in [6.45, 7) is 0. The summed E-state index contributed by atoms with van der Waals surface area (Å²) in [4.78, 5) is 12.1. The number of halogens is 2. The van der Waals surface area contributed by atoms with E-state index >= 15 is 0 Å². The summed E-state index contributed by atoms with van der Waals surface area (Å²) in [6.07, 6.45) is 3.05. The van der Waals surface area contributed by atoms with Gasteiger partial charge in [-0.2, -0.15) is 0 Å². The minimum absolute atomic E-state index is 0.112. The van der Waals surface area contributed by atoms with Gasteiger partial charge in [0.1, 0.15) is 17.8 Å². The van der Waals surface area contributed by atoms with Crippen LogP contribution in [0.2, 0.25) is 0 Å². The number of pyridine rings is 1. The average Bonchev–Trinajstić information content (AvgIpc) is 2.66. The number of benzene rings is 2. The molecule has 9 heteroatoms. The van der Waals surface area contributed by atoms with E-state index in [9.17, 15) is 18.1 Å². The molecule has 29 heavy (non-hydrogen) atoms. The molecule has 0 aliphatic rings. The fraction of sp³-hybridized carbons (Fsp3) is 0.150. The van der Waals surface area contributed by atoms with Gasteiger partial charge in [0, 0.05) is 30.4 Å². The molecule has 0 aliphatic heterocycles. The Labute approximate surface area is 169 Å². The zero-order valence-electron chi connectivity index (χ0n) is 15.9. The van der Waals surface area contributed by atoms with Crippen LogP contribution in [-0.4, -0.2) is 22.5 Å². The Balaban J connectivity index is 2.14. The molecular weight excluding hydrogens is 402 g/mol. The zero-order chi connectivity index (χ0) is 21.1. The Kier molecular flexibility index (Phi) is 6.09. The van der Waals surface area contributed by atoms with E-state index in [1.54, 1.807) is 31.4 Å². The van der Waals surface area contributed by atoms with Crippen molar-refractivity contribution in [1.82, 2.24) is 4.57 Å². The van der Waals surface area contributed by atoms with Crippen molar-refractivity contribution in [2.24, 2.45) is 7.05 Å².